The van der Waals surface area contributed by atoms with Crippen LogP contribution in [0, 0.1) is 0 Å². The van der Waals surface area contributed by atoms with Crippen molar-refractivity contribution in [3.63, 3.8) is 0 Å². The predicted octanol–water partition coefficient (Wildman–Crippen LogP) is 5.73. The Bertz CT molecular complexity index is 1060. The molecule has 5 heteroatoms. The van der Waals surface area contributed by atoms with Gasteiger partial charge >= 0.3 is 5.97 Å². The molecule has 1 aliphatic carbocycles. The third-order valence-corrected chi connectivity index (χ3v) is 5.30. The highest BCUT2D eigenvalue weighted by Crippen LogP contribution is 2.38. The second kappa shape index (κ2) is 6.17. The van der Waals surface area contributed by atoms with Gasteiger partial charge in [-0.15, -0.1) is 0 Å². The Morgan fingerprint density at radius 2 is 1.88 bits per heavy atom. The first-order chi connectivity index (χ1) is 12.1. The predicted molar refractivity (Wildman–Crippen MR) is 101 cm³/mol. The van der Waals surface area contributed by atoms with E-state index in [-0.39, 0.29) is 0 Å². The highest BCUT2D eigenvalue weighted by Gasteiger charge is 2.26. The maximum Gasteiger partial charge on any atom is 0.336 e. The minimum atomic E-state index is -0.920. The molecule has 0 atom stereocenters. The van der Waals surface area contributed by atoms with Crippen LogP contribution < -0.4 is 0 Å². The molecule has 1 aromatic heterocycles. The summed E-state index contributed by atoms with van der Waals surface area (Å²) in [6.45, 7) is 0. The fourth-order valence-electron chi connectivity index (χ4n) is 3.34. The summed E-state index contributed by atoms with van der Waals surface area (Å²) in [7, 11) is 0. The van der Waals surface area contributed by atoms with Gasteiger partial charge in [0, 0.05) is 5.39 Å². The van der Waals surface area contributed by atoms with Crippen molar-refractivity contribution in [3.8, 4) is 0 Å². The number of hydrogen-bond donors (Lipinski definition) is 1. The zero-order chi connectivity index (χ0) is 17.6. The topological polar surface area (TPSA) is 50.2 Å². The van der Waals surface area contributed by atoms with Crippen molar-refractivity contribution in [2.45, 2.75) is 12.8 Å². The molecule has 1 aliphatic rings. The number of halogens is 2. The molecule has 0 aliphatic heterocycles. The van der Waals surface area contributed by atoms with Gasteiger partial charge in [0.2, 0.25) is 0 Å². The molecule has 3 nitrogen and oxygen atoms in total. The molecule has 0 saturated carbocycles. The number of carboxylic acid groups (broad SMARTS) is 1. The van der Waals surface area contributed by atoms with E-state index in [2.05, 4.69) is 0 Å². The van der Waals surface area contributed by atoms with Crippen LogP contribution in [-0.4, -0.2) is 16.1 Å². The molecule has 0 unspecified atom stereocenters. The number of allylic oxidation sites excluding steroid dienone is 1. The van der Waals surface area contributed by atoms with E-state index < -0.39 is 5.97 Å². The summed E-state index contributed by atoms with van der Waals surface area (Å²) in [4.78, 5) is 16.6. The molecule has 0 radical (unpaired) electrons. The van der Waals surface area contributed by atoms with Gasteiger partial charge in [-0.2, -0.15) is 0 Å². The normalized spacial score (nSPS) is 14.9. The van der Waals surface area contributed by atoms with Crippen LogP contribution in [-0.2, 0) is 6.42 Å². The third kappa shape index (κ3) is 2.70. The van der Waals surface area contributed by atoms with Crippen LogP contribution in [0.3, 0.4) is 0 Å². The fraction of sp³-hybridized carbons (Fsp3) is 0.100. The maximum atomic E-state index is 11.9. The number of rotatable bonds is 2. The van der Waals surface area contributed by atoms with Crippen LogP contribution in [0.25, 0.3) is 22.6 Å². The number of hydrogen-bond acceptors (Lipinski definition) is 2. The van der Waals surface area contributed by atoms with Crippen LogP contribution in [0.15, 0.2) is 42.5 Å². The smallest absolute Gasteiger partial charge is 0.336 e. The summed E-state index contributed by atoms with van der Waals surface area (Å²) in [5.41, 5.74) is 4.35. The molecule has 0 bridgehead atoms. The van der Waals surface area contributed by atoms with Crippen LogP contribution >= 0.6 is 23.2 Å². The summed E-state index contributed by atoms with van der Waals surface area (Å²) in [6.07, 6.45) is 3.33. The molecule has 2 aromatic carbocycles. The van der Waals surface area contributed by atoms with Crippen molar-refractivity contribution in [2.24, 2.45) is 0 Å². The first kappa shape index (κ1) is 16.1. The molecule has 0 spiro atoms. The average molecular weight is 370 g/mol. The van der Waals surface area contributed by atoms with Crippen molar-refractivity contribution in [3.05, 3.63) is 74.9 Å². The number of carboxylic acids is 1. The quantitative estimate of drug-likeness (QED) is 0.627. The molecule has 3 aromatic rings. The van der Waals surface area contributed by atoms with E-state index in [9.17, 15) is 9.90 Å². The lowest BCUT2D eigenvalue weighted by atomic mass is 10.0. The second-order valence-electron chi connectivity index (χ2n) is 5.95. The van der Waals surface area contributed by atoms with Crippen molar-refractivity contribution in [2.75, 3.05) is 0 Å². The first-order valence-electron chi connectivity index (χ1n) is 7.86. The number of carbonyl (C=O) groups is 1. The molecule has 1 N–H and O–H groups in total. The Morgan fingerprint density at radius 3 is 2.68 bits per heavy atom. The third-order valence-electron chi connectivity index (χ3n) is 4.47. The number of nitrogens with zero attached hydrogens (tertiary/aromatic N) is 1. The second-order valence-corrected chi connectivity index (χ2v) is 6.73. The number of para-hydroxylation sites is 1. The molecule has 25 heavy (non-hydrogen) atoms. The molecular weight excluding hydrogens is 357 g/mol. The van der Waals surface area contributed by atoms with Gasteiger partial charge in [-0.25, -0.2) is 9.78 Å². The molecule has 1 heterocycles. The lowest BCUT2D eigenvalue weighted by Crippen LogP contribution is -2.05. The number of benzene rings is 2. The van der Waals surface area contributed by atoms with E-state index >= 15 is 0 Å². The van der Waals surface area contributed by atoms with Gasteiger partial charge in [0.05, 0.1) is 26.8 Å². The number of pyridine rings is 1. The molecule has 124 valence electrons. The van der Waals surface area contributed by atoms with E-state index in [1.165, 1.54) is 0 Å². The molecule has 4 rings (SSSR count). The Labute approximate surface area is 154 Å². The van der Waals surface area contributed by atoms with E-state index in [0.29, 0.717) is 32.9 Å². The van der Waals surface area contributed by atoms with Gasteiger partial charge < -0.3 is 5.11 Å². The first-order valence-corrected chi connectivity index (χ1v) is 8.61. The summed E-state index contributed by atoms with van der Waals surface area (Å²) in [5.74, 6) is -0.920. The Balaban J connectivity index is 1.95. The molecular formula is C20H13Cl2NO2. The number of aromatic nitrogens is 1. The number of aromatic carboxylic acids is 1. The average Bonchev–Trinajstić information content (AvgIpc) is 2.99. The van der Waals surface area contributed by atoms with Crippen molar-refractivity contribution < 1.29 is 9.90 Å². The van der Waals surface area contributed by atoms with Gasteiger partial charge in [0.25, 0.3) is 0 Å². The highest BCUT2D eigenvalue weighted by atomic mass is 35.5. The van der Waals surface area contributed by atoms with E-state index in [1.54, 1.807) is 6.07 Å². The van der Waals surface area contributed by atoms with E-state index in [0.717, 1.165) is 28.8 Å². The van der Waals surface area contributed by atoms with Crippen LogP contribution in [0.1, 0.15) is 33.6 Å². The van der Waals surface area contributed by atoms with Gasteiger partial charge in [-0.3, -0.25) is 0 Å². The van der Waals surface area contributed by atoms with Gasteiger partial charge in [-0.1, -0.05) is 53.5 Å². The summed E-state index contributed by atoms with van der Waals surface area (Å²) in [5, 5.41) is 11.4. The van der Waals surface area contributed by atoms with Gasteiger partial charge in [0.15, 0.2) is 0 Å². The SMILES string of the molecule is O=C(O)c1c2c(nc3ccccc13)/C(=C\c1cccc(Cl)c1Cl)CC2. The largest absolute Gasteiger partial charge is 0.478 e. The van der Waals surface area contributed by atoms with E-state index in [4.69, 9.17) is 28.2 Å². The molecule has 0 saturated heterocycles. The van der Waals surface area contributed by atoms with E-state index in [1.807, 2.05) is 42.5 Å². The highest BCUT2D eigenvalue weighted by molar-refractivity contribution is 6.43. The zero-order valence-corrected chi connectivity index (χ0v) is 14.6. The van der Waals surface area contributed by atoms with Crippen LogP contribution in [0.4, 0.5) is 0 Å². The molecule has 0 fully saturated rings. The Kier molecular flexibility index (Phi) is 3.98. The zero-order valence-electron chi connectivity index (χ0n) is 13.1. The lowest BCUT2D eigenvalue weighted by Gasteiger charge is -2.09. The van der Waals surface area contributed by atoms with Crippen molar-refractivity contribution in [1.29, 1.82) is 0 Å². The minimum absolute atomic E-state index is 0.348. The summed E-state index contributed by atoms with van der Waals surface area (Å²) in [6, 6.07) is 12.8. The fourth-order valence-corrected chi connectivity index (χ4v) is 3.71. The molecule has 0 amide bonds. The Hall–Kier alpha value is -2.36. The summed E-state index contributed by atoms with van der Waals surface area (Å²) >= 11 is 12.4. The minimum Gasteiger partial charge on any atom is -0.478 e. The number of fused-ring (bicyclic) bond motifs is 2. The van der Waals surface area contributed by atoms with Crippen LogP contribution in [0.5, 0.6) is 0 Å². The van der Waals surface area contributed by atoms with Crippen LogP contribution in [0.2, 0.25) is 10.0 Å². The standard InChI is InChI=1S/C20H13Cl2NO2/c21-15-6-3-4-11(18(15)22)10-12-8-9-14-17(20(24)25)13-5-1-2-7-16(13)23-19(12)14/h1-7,10H,8-9H2,(H,24,25)/b12-10-. The van der Waals surface area contributed by atoms with Crippen molar-refractivity contribution in [1.82, 2.24) is 4.98 Å². The van der Waals surface area contributed by atoms with Gasteiger partial charge in [-0.05, 0) is 47.8 Å². The van der Waals surface area contributed by atoms with Gasteiger partial charge in [0.1, 0.15) is 0 Å². The maximum absolute atomic E-state index is 11.9. The summed E-state index contributed by atoms with van der Waals surface area (Å²) < 4.78 is 0. The monoisotopic (exact) mass is 369 g/mol. The van der Waals surface area contributed by atoms with Crippen molar-refractivity contribution >= 4 is 51.7 Å². The Morgan fingerprint density at radius 1 is 1.08 bits per heavy atom. The lowest BCUT2D eigenvalue weighted by molar-refractivity contribution is 0.0698.